The zero-order chi connectivity index (χ0) is 19.9. The first kappa shape index (κ1) is 22.7. The number of hydrogen-bond acceptors (Lipinski definition) is 10. The maximum atomic E-state index is 12.4. The fourth-order valence-electron chi connectivity index (χ4n) is 2.61. The molecule has 1 aliphatic heterocycles. The summed E-state index contributed by atoms with van der Waals surface area (Å²) in [6.45, 7) is 1.25. The molecule has 0 aromatic rings. The molecule has 1 saturated heterocycles. The van der Waals surface area contributed by atoms with Crippen molar-refractivity contribution in [1.82, 2.24) is 4.90 Å². The summed E-state index contributed by atoms with van der Waals surface area (Å²) >= 11 is 0. The van der Waals surface area contributed by atoms with Crippen LogP contribution in [0.3, 0.4) is 0 Å². The summed E-state index contributed by atoms with van der Waals surface area (Å²) in [5, 5.41) is 49.1. The largest absolute Gasteiger partial charge is 0.419 e. The van der Waals surface area contributed by atoms with Gasteiger partial charge in [-0.25, -0.2) is 9.69 Å². The van der Waals surface area contributed by atoms with Gasteiger partial charge in [-0.15, -0.1) is 0 Å². The Hall–Kier alpha value is -1.34. The van der Waals surface area contributed by atoms with Crippen molar-refractivity contribution in [2.45, 2.75) is 69.5 Å². The van der Waals surface area contributed by atoms with Crippen LogP contribution in [0.1, 0.15) is 32.6 Å². The first-order valence-corrected chi connectivity index (χ1v) is 8.49. The van der Waals surface area contributed by atoms with Gasteiger partial charge in [0.2, 0.25) is 12.2 Å². The van der Waals surface area contributed by atoms with Gasteiger partial charge in [-0.05, 0) is 19.4 Å². The molecule has 0 bridgehead atoms. The number of aliphatic hydroxyl groups is 5. The predicted molar refractivity (Wildman–Crippen MR) is 86.3 cm³/mol. The third-order valence-electron chi connectivity index (χ3n) is 3.99. The van der Waals surface area contributed by atoms with Crippen LogP contribution < -0.4 is 5.73 Å². The molecule has 7 N–H and O–H groups in total. The Balaban J connectivity index is 3.01. The lowest BCUT2D eigenvalue weighted by molar-refractivity contribution is -0.268. The van der Waals surface area contributed by atoms with E-state index < -0.39 is 55.5 Å². The van der Waals surface area contributed by atoms with Gasteiger partial charge in [-0.2, -0.15) is 0 Å². The number of hydrogen-bond donors (Lipinski definition) is 6. The SMILES string of the molecule is CCCC(=O)N(C(=O)OC(O)CCCN)[C@H]1C(O)O[C@H](CO)[C@@H](O)[C@@H]1O. The number of carbonyl (C=O) groups is 2. The molecule has 0 aromatic carbocycles. The van der Waals surface area contributed by atoms with E-state index in [2.05, 4.69) is 0 Å². The predicted octanol–water partition coefficient (Wildman–Crippen LogP) is -2.39. The molecule has 0 radical (unpaired) electrons. The normalized spacial score (nSPS) is 29.9. The van der Waals surface area contributed by atoms with Crippen LogP contribution in [0.2, 0.25) is 0 Å². The summed E-state index contributed by atoms with van der Waals surface area (Å²) in [5.41, 5.74) is 5.30. The van der Waals surface area contributed by atoms with E-state index in [4.69, 9.17) is 20.3 Å². The number of ether oxygens (including phenoxy) is 2. The summed E-state index contributed by atoms with van der Waals surface area (Å²) in [5.74, 6) is -0.787. The zero-order valence-electron chi connectivity index (χ0n) is 14.6. The Kier molecular flexibility index (Phi) is 9.36. The maximum absolute atomic E-state index is 12.4. The molecule has 2 unspecified atom stereocenters. The maximum Gasteiger partial charge on any atom is 0.419 e. The van der Waals surface area contributed by atoms with E-state index >= 15 is 0 Å². The van der Waals surface area contributed by atoms with E-state index in [9.17, 15) is 30.0 Å². The van der Waals surface area contributed by atoms with Crippen molar-refractivity contribution in [2.75, 3.05) is 13.2 Å². The Bertz CT molecular complexity index is 464. The van der Waals surface area contributed by atoms with E-state index in [1.54, 1.807) is 6.92 Å². The number of nitrogens with zero attached hydrogens (tertiary/aromatic N) is 1. The summed E-state index contributed by atoms with van der Waals surface area (Å²) in [4.78, 5) is 25.1. The summed E-state index contributed by atoms with van der Waals surface area (Å²) in [7, 11) is 0. The lowest BCUT2D eigenvalue weighted by Crippen LogP contribution is -2.66. The lowest BCUT2D eigenvalue weighted by Gasteiger charge is -2.43. The van der Waals surface area contributed by atoms with E-state index in [0.29, 0.717) is 17.7 Å². The van der Waals surface area contributed by atoms with Gasteiger partial charge >= 0.3 is 6.09 Å². The van der Waals surface area contributed by atoms with Gasteiger partial charge in [-0.1, -0.05) is 6.92 Å². The minimum absolute atomic E-state index is 0.0412. The van der Waals surface area contributed by atoms with Gasteiger partial charge in [0.05, 0.1) is 6.61 Å². The highest BCUT2D eigenvalue weighted by molar-refractivity contribution is 5.92. The Morgan fingerprint density at radius 3 is 2.46 bits per heavy atom. The Labute approximate surface area is 150 Å². The van der Waals surface area contributed by atoms with Gasteiger partial charge in [0.15, 0.2) is 6.29 Å². The van der Waals surface area contributed by atoms with E-state index in [-0.39, 0.29) is 19.4 Å². The Morgan fingerprint density at radius 2 is 1.92 bits per heavy atom. The number of nitrogens with two attached hydrogens (primary N) is 1. The fraction of sp³-hybridized carbons (Fsp3) is 0.867. The molecular weight excluding hydrogens is 352 g/mol. The van der Waals surface area contributed by atoms with Crippen molar-refractivity contribution < 1.29 is 44.6 Å². The molecular formula is C15H28N2O9. The second-order valence-corrected chi connectivity index (χ2v) is 6.00. The van der Waals surface area contributed by atoms with Crippen LogP contribution in [-0.2, 0) is 14.3 Å². The van der Waals surface area contributed by atoms with Gasteiger partial charge in [0, 0.05) is 12.8 Å². The van der Waals surface area contributed by atoms with Crippen LogP contribution >= 0.6 is 0 Å². The number of aliphatic hydroxyl groups excluding tert-OH is 5. The average molecular weight is 380 g/mol. The number of rotatable bonds is 8. The minimum Gasteiger partial charge on any atom is -0.419 e. The van der Waals surface area contributed by atoms with Crippen molar-refractivity contribution in [3.8, 4) is 0 Å². The van der Waals surface area contributed by atoms with Crippen molar-refractivity contribution in [3.63, 3.8) is 0 Å². The first-order chi connectivity index (χ1) is 12.3. The van der Waals surface area contributed by atoms with Crippen molar-refractivity contribution in [2.24, 2.45) is 5.73 Å². The molecule has 0 spiro atoms. The number of imide groups is 1. The van der Waals surface area contributed by atoms with Crippen LogP contribution in [-0.4, -0.2) is 92.5 Å². The quantitative estimate of drug-likeness (QED) is 0.248. The topological polar surface area (TPSA) is 183 Å². The summed E-state index contributed by atoms with van der Waals surface area (Å²) in [6, 6.07) is -1.67. The van der Waals surface area contributed by atoms with Gasteiger partial charge < -0.3 is 40.7 Å². The van der Waals surface area contributed by atoms with E-state index in [1.807, 2.05) is 0 Å². The highest BCUT2D eigenvalue weighted by Crippen LogP contribution is 2.25. The Morgan fingerprint density at radius 1 is 1.27 bits per heavy atom. The molecule has 1 rings (SSSR count). The van der Waals surface area contributed by atoms with Crippen LogP contribution in [0.5, 0.6) is 0 Å². The van der Waals surface area contributed by atoms with Crippen LogP contribution in [0.4, 0.5) is 4.79 Å². The molecule has 152 valence electrons. The van der Waals surface area contributed by atoms with Crippen molar-refractivity contribution in [3.05, 3.63) is 0 Å². The average Bonchev–Trinajstić information content (AvgIpc) is 2.59. The van der Waals surface area contributed by atoms with Gasteiger partial charge in [-0.3, -0.25) is 4.79 Å². The molecule has 0 aliphatic carbocycles. The second kappa shape index (κ2) is 10.7. The molecule has 1 aliphatic rings. The summed E-state index contributed by atoms with van der Waals surface area (Å²) < 4.78 is 9.75. The molecule has 11 nitrogen and oxygen atoms in total. The summed E-state index contributed by atoms with van der Waals surface area (Å²) in [6.07, 6.45) is -8.75. The molecule has 11 heteroatoms. The van der Waals surface area contributed by atoms with Crippen LogP contribution in [0.15, 0.2) is 0 Å². The second-order valence-electron chi connectivity index (χ2n) is 6.00. The third kappa shape index (κ3) is 5.58. The molecule has 6 atom stereocenters. The first-order valence-electron chi connectivity index (χ1n) is 8.49. The van der Waals surface area contributed by atoms with Crippen molar-refractivity contribution >= 4 is 12.0 Å². The fourth-order valence-corrected chi connectivity index (χ4v) is 2.61. The molecule has 2 amide bonds. The molecule has 26 heavy (non-hydrogen) atoms. The van der Waals surface area contributed by atoms with Gasteiger partial charge in [0.25, 0.3) is 0 Å². The smallest absolute Gasteiger partial charge is 0.419 e. The molecule has 0 aromatic heterocycles. The highest BCUT2D eigenvalue weighted by atomic mass is 16.7. The van der Waals surface area contributed by atoms with Crippen molar-refractivity contribution in [1.29, 1.82) is 0 Å². The third-order valence-corrected chi connectivity index (χ3v) is 3.99. The van der Waals surface area contributed by atoms with Crippen LogP contribution in [0, 0.1) is 0 Å². The molecule has 1 fully saturated rings. The van der Waals surface area contributed by atoms with Crippen LogP contribution in [0.25, 0.3) is 0 Å². The molecule has 0 saturated carbocycles. The molecule has 1 heterocycles. The number of amides is 2. The standard InChI is InChI=1S/C15H28N2O9/c1-2-4-9(19)17(15(24)26-10(20)5-3-6-16)11-13(22)12(21)8(7-18)25-14(11)23/h8,10-14,18,20-23H,2-7,16H2,1H3/t8-,10?,11-,12-,13-,14?/m1/s1. The lowest BCUT2D eigenvalue weighted by atomic mass is 9.95. The number of carbonyl (C=O) groups excluding carboxylic acids is 2. The van der Waals surface area contributed by atoms with E-state index in [1.165, 1.54) is 0 Å². The zero-order valence-corrected chi connectivity index (χ0v) is 14.6. The monoisotopic (exact) mass is 380 g/mol. The highest BCUT2D eigenvalue weighted by Gasteiger charge is 2.50. The minimum atomic E-state index is -1.86. The van der Waals surface area contributed by atoms with E-state index in [0.717, 1.165) is 0 Å². The van der Waals surface area contributed by atoms with Gasteiger partial charge in [0.1, 0.15) is 24.4 Å².